The average molecular weight is 258 g/mol. The van der Waals surface area contributed by atoms with Crippen LogP contribution in [0.3, 0.4) is 0 Å². The van der Waals surface area contributed by atoms with Crippen molar-refractivity contribution in [2.75, 3.05) is 11.9 Å². The summed E-state index contributed by atoms with van der Waals surface area (Å²) in [6.45, 7) is 4.37. The molecule has 0 radical (unpaired) electrons. The van der Waals surface area contributed by atoms with Crippen LogP contribution in [0.25, 0.3) is 0 Å². The summed E-state index contributed by atoms with van der Waals surface area (Å²) >= 11 is 5.94. The van der Waals surface area contributed by atoms with Crippen molar-refractivity contribution >= 4 is 17.4 Å². The average Bonchev–Trinajstić information content (AvgIpc) is 2.26. The van der Waals surface area contributed by atoms with E-state index in [1.54, 1.807) is 6.07 Å². The summed E-state index contributed by atoms with van der Waals surface area (Å²) in [7, 11) is 0. The van der Waals surface area contributed by atoms with Crippen molar-refractivity contribution in [3.05, 3.63) is 17.0 Å². The Hall–Kier alpha value is -0.870. The summed E-state index contributed by atoms with van der Waals surface area (Å²) in [4.78, 5) is 8.57. The molecule has 0 amide bonds. The predicted molar refractivity (Wildman–Crippen MR) is 70.4 cm³/mol. The number of aromatic nitrogens is 2. The maximum absolute atomic E-state index is 8.76. The molecule has 0 saturated heterocycles. The molecule has 0 aliphatic heterocycles. The van der Waals surface area contributed by atoms with Crippen LogP contribution >= 0.6 is 11.6 Å². The largest absolute Gasteiger partial charge is 0.396 e. The molecule has 0 saturated carbocycles. The van der Waals surface area contributed by atoms with E-state index in [1.807, 2.05) is 0 Å². The number of hydrogen-bond donors (Lipinski definition) is 2. The Bertz CT molecular complexity index is 347. The quantitative estimate of drug-likeness (QED) is 0.738. The zero-order chi connectivity index (χ0) is 12.7. The molecule has 0 bridgehead atoms. The van der Waals surface area contributed by atoms with Gasteiger partial charge in [-0.15, -0.1) is 0 Å². The van der Waals surface area contributed by atoms with Gasteiger partial charge in [0.2, 0.25) is 0 Å². The van der Waals surface area contributed by atoms with Crippen molar-refractivity contribution in [2.45, 2.75) is 45.6 Å². The maximum atomic E-state index is 8.76. The number of anilines is 1. The number of aliphatic hydroxyl groups is 1. The van der Waals surface area contributed by atoms with Crippen molar-refractivity contribution in [3.63, 3.8) is 0 Å². The molecule has 1 atom stereocenters. The van der Waals surface area contributed by atoms with E-state index in [0.717, 1.165) is 37.3 Å². The minimum atomic E-state index is 0.220. The standard InChI is InChI=1S/C12H20ClN3O/c1-3-5-11-15-10(13)8-12(16-11)14-9(2)6-4-7-17/h8-9,17H,3-7H2,1-2H3,(H,14,15,16). The van der Waals surface area contributed by atoms with Gasteiger partial charge in [-0.2, -0.15) is 0 Å². The van der Waals surface area contributed by atoms with Crippen LogP contribution in [0.2, 0.25) is 5.15 Å². The fourth-order valence-electron chi connectivity index (χ4n) is 1.60. The zero-order valence-electron chi connectivity index (χ0n) is 10.4. The predicted octanol–water partition coefficient (Wildman–Crippen LogP) is 2.66. The molecule has 1 aromatic rings. The van der Waals surface area contributed by atoms with Crippen LogP contribution in [-0.4, -0.2) is 27.7 Å². The van der Waals surface area contributed by atoms with Crippen LogP contribution in [0.1, 0.15) is 38.9 Å². The van der Waals surface area contributed by atoms with Crippen molar-refractivity contribution in [3.8, 4) is 0 Å². The highest BCUT2D eigenvalue weighted by molar-refractivity contribution is 6.29. The Morgan fingerprint density at radius 3 is 2.88 bits per heavy atom. The molecule has 2 N–H and O–H groups in total. The number of aryl methyl sites for hydroxylation is 1. The van der Waals surface area contributed by atoms with E-state index in [1.165, 1.54) is 0 Å². The van der Waals surface area contributed by atoms with Crippen LogP contribution in [0.4, 0.5) is 5.82 Å². The van der Waals surface area contributed by atoms with Gasteiger partial charge in [-0.05, 0) is 26.2 Å². The second kappa shape index (κ2) is 7.45. The molecule has 1 aromatic heterocycles. The normalized spacial score (nSPS) is 12.5. The van der Waals surface area contributed by atoms with E-state index >= 15 is 0 Å². The van der Waals surface area contributed by atoms with Gasteiger partial charge in [0.05, 0.1) is 0 Å². The van der Waals surface area contributed by atoms with Crippen LogP contribution < -0.4 is 5.32 Å². The summed E-state index contributed by atoms with van der Waals surface area (Å²) in [5, 5.41) is 12.5. The summed E-state index contributed by atoms with van der Waals surface area (Å²) in [6.07, 6.45) is 3.52. The van der Waals surface area contributed by atoms with Gasteiger partial charge in [0.15, 0.2) is 0 Å². The van der Waals surface area contributed by atoms with E-state index in [0.29, 0.717) is 5.15 Å². The molecule has 0 spiro atoms. The molecular formula is C12H20ClN3O. The van der Waals surface area contributed by atoms with Gasteiger partial charge in [0.25, 0.3) is 0 Å². The first-order valence-corrected chi connectivity index (χ1v) is 6.44. The minimum Gasteiger partial charge on any atom is -0.396 e. The molecule has 17 heavy (non-hydrogen) atoms. The highest BCUT2D eigenvalue weighted by atomic mass is 35.5. The SMILES string of the molecule is CCCc1nc(Cl)cc(NC(C)CCCO)n1. The fraction of sp³-hybridized carbons (Fsp3) is 0.667. The van der Waals surface area contributed by atoms with E-state index in [2.05, 4.69) is 29.1 Å². The molecule has 96 valence electrons. The van der Waals surface area contributed by atoms with Crippen molar-refractivity contribution < 1.29 is 5.11 Å². The molecule has 0 aliphatic rings. The lowest BCUT2D eigenvalue weighted by Crippen LogP contribution is -2.17. The smallest absolute Gasteiger partial charge is 0.134 e. The molecule has 5 heteroatoms. The van der Waals surface area contributed by atoms with Crippen LogP contribution in [0.5, 0.6) is 0 Å². The third-order valence-electron chi connectivity index (χ3n) is 2.40. The van der Waals surface area contributed by atoms with E-state index in [4.69, 9.17) is 16.7 Å². The summed E-state index contributed by atoms with van der Waals surface area (Å²) in [5.74, 6) is 1.54. The number of nitrogens with zero attached hydrogens (tertiary/aromatic N) is 2. The van der Waals surface area contributed by atoms with Crippen molar-refractivity contribution in [2.24, 2.45) is 0 Å². The molecular weight excluding hydrogens is 238 g/mol. The third-order valence-corrected chi connectivity index (χ3v) is 2.60. The van der Waals surface area contributed by atoms with E-state index in [9.17, 15) is 0 Å². The third kappa shape index (κ3) is 5.33. The Balaban J connectivity index is 2.63. The Labute approximate surface area is 107 Å². The van der Waals surface area contributed by atoms with Gasteiger partial charge < -0.3 is 10.4 Å². The monoisotopic (exact) mass is 257 g/mol. The van der Waals surface area contributed by atoms with E-state index in [-0.39, 0.29) is 12.6 Å². The maximum Gasteiger partial charge on any atom is 0.134 e. The summed E-state index contributed by atoms with van der Waals surface area (Å²) in [6, 6.07) is 2.00. The molecule has 4 nitrogen and oxygen atoms in total. The number of rotatable bonds is 7. The highest BCUT2D eigenvalue weighted by Gasteiger charge is 2.06. The molecule has 1 unspecified atom stereocenters. The van der Waals surface area contributed by atoms with Crippen LogP contribution in [0, 0.1) is 0 Å². The van der Waals surface area contributed by atoms with Gasteiger partial charge in [-0.3, -0.25) is 0 Å². The first-order valence-electron chi connectivity index (χ1n) is 6.06. The van der Waals surface area contributed by atoms with Crippen LogP contribution in [0.15, 0.2) is 6.07 Å². The Morgan fingerprint density at radius 1 is 1.47 bits per heavy atom. The van der Waals surface area contributed by atoms with Gasteiger partial charge in [0.1, 0.15) is 16.8 Å². The number of halogens is 1. The molecule has 0 aromatic carbocycles. The molecule has 0 fully saturated rings. The second-order valence-electron chi connectivity index (χ2n) is 4.15. The second-order valence-corrected chi connectivity index (χ2v) is 4.54. The van der Waals surface area contributed by atoms with Gasteiger partial charge in [0, 0.05) is 25.1 Å². The number of hydrogen-bond acceptors (Lipinski definition) is 4. The first-order chi connectivity index (χ1) is 8.15. The molecule has 1 rings (SSSR count). The van der Waals surface area contributed by atoms with Crippen LogP contribution in [-0.2, 0) is 6.42 Å². The van der Waals surface area contributed by atoms with Crippen molar-refractivity contribution in [1.82, 2.24) is 9.97 Å². The van der Waals surface area contributed by atoms with Gasteiger partial charge in [-0.25, -0.2) is 9.97 Å². The van der Waals surface area contributed by atoms with Gasteiger partial charge in [-0.1, -0.05) is 18.5 Å². The number of aliphatic hydroxyl groups excluding tert-OH is 1. The molecule has 0 aliphatic carbocycles. The number of nitrogens with one attached hydrogen (secondary N) is 1. The fourth-order valence-corrected chi connectivity index (χ4v) is 1.80. The Kier molecular flexibility index (Phi) is 6.22. The van der Waals surface area contributed by atoms with Crippen molar-refractivity contribution in [1.29, 1.82) is 0 Å². The highest BCUT2D eigenvalue weighted by Crippen LogP contribution is 2.14. The van der Waals surface area contributed by atoms with Gasteiger partial charge >= 0.3 is 0 Å². The Morgan fingerprint density at radius 2 is 2.24 bits per heavy atom. The zero-order valence-corrected chi connectivity index (χ0v) is 11.2. The van der Waals surface area contributed by atoms with E-state index < -0.39 is 0 Å². The molecule has 1 heterocycles. The lowest BCUT2D eigenvalue weighted by molar-refractivity contribution is 0.282. The lowest BCUT2D eigenvalue weighted by Gasteiger charge is -2.14. The first kappa shape index (κ1) is 14.2. The summed E-state index contributed by atoms with van der Waals surface area (Å²) < 4.78 is 0. The summed E-state index contributed by atoms with van der Waals surface area (Å²) in [5.41, 5.74) is 0. The topological polar surface area (TPSA) is 58.0 Å². The minimum absolute atomic E-state index is 0.220. The lowest BCUT2D eigenvalue weighted by atomic mass is 10.2.